The first-order valence-electron chi connectivity index (χ1n) is 8.69. The third-order valence-corrected chi connectivity index (χ3v) is 4.22. The van der Waals surface area contributed by atoms with Crippen LogP contribution in [0.15, 0.2) is 30.3 Å². The fourth-order valence-corrected chi connectivity index (χ4v) is 2.64. The lowest BCUT2D eigenvalue weighted by Gasteiger charge is -2.14. The van der Waals surface area contributed by atoms with Gasteiger partial charge in [-0.15, -0.1) is 0 Å². The summed E-state index contributed by atoms with van der Waals surface area (Å²) in [5, 5.41) is 2.56. The van der Waals surface area contributed by atoms with E-state index in [1.54, 1.807) is 0 Å². The van der Waals surface area contributed by atoms with Crippen LogP contribution in [0.4, 0.5) is 22.4 Å². The number of ether oxygens (including phenoxy) is 1. The van der Waals surface area contributed by atoms with Crippen LogP contribution in [0.2, 0.25) is 0 Å². The maximum atomic E-state index is 13.1. The molecule has 5 nitrogen and oxygen atoms in total. The van der Waals surface area contributed by atoms with Gasteiger partial charge < -0.3 is 15.0 Å². The van der Waals surface area contributed by atoms with Crippen LogP contribution in [-0.4, -0.2) is 48.4 Å². The molecule has 9 heteroatoms. The van der Waals surface area contributed by atoms with Crippen molar-refractivity contribution in [1.29, 1.82) is 0 Å². The largest absolute Gasteiger partial charge is 0.445 e. The average molecular weight is 390 g/mol. The number of nitrogens with zero attached hydrogens (tertiary/aromatic N) is 1. The number of rotatable bonds is 8. The molecule has 27 heavy (non-hydrogen) atoms. The maximum absolute atomic E-state index is 13.1. The number of alkyl halides is 4. The third-order valence-electron chi connectivity index (χ3n) is 4.22. The number of hydrogen-bond acceptors (Lipinski definition) is 3. The second-order valence-electron chi connectivity index (χ2n) is 6.46. The molecule has 0 spiro atoms. The quantitative estimate of drug-likeness (QED) is 0.545. The van der Waals surface area contributed by atoms with E-state index in [2.05, 4.69) is 5.32 Å². The Labute approximate surface area is 154 Å². The Morgan fingerprint density at radius 3 is 2.26 bits per heavy atom. The molecule has 0 radical (unpaired) electrons. The zero-order valence-electron chi connectivity index (χ0n) is 14.7. The molecule has 1 aromatic carbocycles. The van der Waals surface area contributed by atoms with Crippen LogP contribution in [0.1, 0.15) is 31.2 Å². The first kappa shape index (κ1) is 21.0. The van der Waals surface area contributed by atoms with Gasteiger partial charge in [-0.3, -0.25) is 4.79 Å². The molecule has 150 valence electrons. The number of likely N-dealkylation sites (tertiary alicyclic amines) is 1. The highest BCUT2D eigenvalue weighted by atomic mass is 19.3. The van der Waals surface area contributed by atoms with Crippen LogP contribution in [0, 0.1) is 0 Å². The minimum atomic E-state index is -4.17. The molecule has 1 aromatic rings. The minimum Gasteiger partial charge on any atom is -0.445 e. The normalized spacial score (nSPS) is 17.6. The van der Waals surface area contributed by atoms with E-state index < -0.39 is 36.9 Å². The zero-order chi connectivity index (χ0) is 19.9. The Kier molecular flexibility index (Phi) is 7.04. The van der Waals surface area contributed by atoms with Gasteiger partial charge in [0.05, 0.1) is 13.1 Å². The van der Waals surface area contributed by atoms with Crippen LogP contribution in [0.3, 0.4) is 0 Å². The summed E-state index contributed by atoms with van der Waals surface area (Å²) in [7, 11) is 0. The monoisotopic (exact) mass is 390 g/mol. The van der Waals surface area contributed by atoms with Crippen molar-refractivity contribution in [3.05, 3.63) is 35.9 Å². The van der Waals surface area contributed by atoms with Gasteiger partial charge in [0.2, 0.25) is 5.91 Å². The van der Waals surface area contributed by atoms with Crippen LogP contribution < -0.4 is 5.32 Å². The van der Waals surface area contributed by atoms with Crippen LogP contribution in [0.5, 0.6) is 0 Å². The summed E-state index contributed by atoms with van der Waals surface area (Å²) in [5.74, 6) is -9.05. The van der Waals surface area contributed by atoms with Crippen LogP contribution in [-0.2, 0) is 16.1 Å². The third kappa shape index (κ3) is 6.11. The second kappa shape index (κ2) is 9.05. The Morgan fingerprint density at radius 2 is 1.63 bits per heavy atom. The highest BCUT2D eigenvalue weighted by Crippen LogP contribution is 2.41. The van der Waals surface area contributed by atoms with Crippen LogP contribution >= 0.6 is 0 Å². The van der Waals surface area contributed by atoms with E-state index in [-0.39, 0.29) is 13.0 Å². The van der Waals surface area contributed by atoms with E-state index in [0.29, 0.717) is 30.7 Å². The van der Waals surface area contributed by atoms with Gasteiger partial charge in [-0.05, 0) is 18.4 Å². The van der Waals surface area contributed by atoms with E-state index in [4.69, 9.17) is 4.74 Å². The molecule has 0 unspecified atom stereocenters. The lowest BCUT2D eigenvalue weighted by molar-refractivity contribution is -0.172. The number of unbranched alkanes of at least 4 members (excludes halogenated alkanes) is 2. The maximum Gasteiger partial charge on any atom is 0.407 e. The van der Waals surface area contributed by atoms with E-state index in [0.717, 1.165) is 5.56 Å². The highest BCUT2D eigenvalue weighted by molar-refractivity contribution is 5.76. The molecule has 1 heterocycles. The Balaban J connectivity index is 1.53. The lowest BCUT2D eigenvalue weighted by atomic mass is 10.2. The minimum absolute atomic E-state index is 0.0788. The summed E-state index contributed by atoms with van der Waals surface area (Å²) in [5.41, 5.74) is 0.865. The fraction of sp³-hybridized carbons (Fsp3) is 0.556. The lowest BCUT2D eigenvalue weighted by Crippen LogP contribution is -2.38. The number of carbonyl (C=O) groups excluding carboxylic acids is 2. The molecule has 2 rings (SSSR count). The SMILES string of the molecule is O=C(NCCCCCC(=O)N1CC(F)(F)C(F)(F)C1)OCc1ccccc1. The van der Waals surface area contributed by atoms with Gasteiger partial charge >= 0.3 is 17.9 Å². The standard InChI is InChI=1S/C18H22F4N2O3/c19-17(20)12-24(13-18(17,21)22)15(25)9-5-2-6-10-23-16(26)27-11-14-7-3-1-4-8-14/h1,3-4,7-8H,2,5-6,9-13H2,(H,23,26). The molecule has 2 amide bonds. The van der Waals surface area contributed by atoms with Crippen molar-refractivity contribution in [2.45, 2.75) is 44.1 Å². The predicted molar refractivity (Wildman–Crippen MR) is 89.6 cm³/mol. The van der Waals surface area contributed by atoms with Crippen molar-refractivity contribution in [1.82, 2.24) is 10.2 Å². The Hall–Kier alpha value is -2.32. The fourth-order valence-electron chi connectivity index (χ4n) is 2.64. The average Bonchev–Trinajstić information content (AvgIpc) is 2.84. The first-order valence-corrected chi connectivity index (χ1v) is 8.69. The highest BCUT2D eigenvalue weighted by Gasteiger charge is 2.63. The molecule has 0 bridgehead atoms. The smallest absolute Gasteiger partial charge is 0.407 e. The topological polar surface area (TPSA) is 58.6 Å². The molecule has 0 aromatic heterocycles. The molecule has 1 aliphatic heterocycles. The summed E-state index contributed by atoms with van der Waals surface area (Å²) in [6, 6.07) is 9.19. The molecule has 1 fully saturated rings. The van der Waals surface area contributed by atoms with E-state index in [1.807, 2.05) is 30.3 Å². The molecule has 1 aliphatic rings. The van der Waals surface area contributed by atoms with Crippen molar-refractivity contribution in [3.63, 3.8) is 0 Å². The van der Waals surface area contributed by atoms with Gasteiger partial charge in [0.25, 0.3) is 0 Å². The van der Waals surface area contributed by atoms with Crippen LogP contribution in [0.25, 0.3) is 0 Å². The van der Waals surface area contributed by atoms with Crippen molar-refractivity contribution in [2.24, 2.45) is 0 Å². The molecule has 1 N–H and O–H groups in total. The summed E-state index contributed by atoms with van der Waals surface area (Å²) >= 11 is 0. The van der Waals surface area contributed by atoms with Gasteiger partial charge in [0.15, 0.2) is 0 Å². The Bertz CT molecular complexity index is 625. The van der Waals surface area contributed by atoms with Crippen molar-refractivity contribution in [2.75, 3.05) is 19.6 Å². The van der Waals surface area contributed by atoms with E-state index in [1.165, 1.54) is 0 Å². The summed E-state index contributed by atoms with van der Waals surface area (Å²) < 4.78 is 57.3. The van der Waals surface area contributed by atoms with Gasteiger partial charge in [-0.1, -0.05) is 36.8 Å². The summed E-state index contributed by atoms with van der Waals surface area (Å²) in [6.45, 7) is -1.99. The van der Waals surface area contributed by atoms with Gasteiger partial charge in [-0.25, -0.2) is 4.79 Å². The predicted octanol–water partition coefficient (Wildman–Crippen LogP) is 3.59. The van der Waals surface area contributed by atoms with E-state index in [9.17, 15) is 27.2 Å². The summed E-state index contributed by atoms with van der Waals surface area (Å²) in [6.07, 6.45) is 0.833. The Morgan fingerprint density at radius 1 is 1.00 bits per heavy atom. The number of amides is 2. The molecule has 1 saturated heterocycles. The second-order valence-corrected chi connectivity index (χ2v) is 6.46. The van der Waals surface area contributed by atoms with Crippen molar-refractivity contribution in [3.8, 4) is 0 Å². The van der Waals surface area contributed by atoms with E-state index >= 15 is 0 Å². The molecule has 0 atom stereocenters. The molecular weight excluding hydrogens is 368 g/mol. The number of hydrogen-bond donors (Lipinski definition) is 1. The number of nitrogens with one attached hydrogen (secondary N) is 1. The molecule has 0 saturated carbocycles. The van der Waals surface area contributed by atoms with Gasteiger partial charge in [0.1, 0.15) is 6.61 Å². The van der Waals surface area contributed by atoms with Gasteiger partial charge in [0, 0.05) is 13.0 Å². The number of alkyl carbamates (subject to hydrolysis) is 1. The number of benzene rings is 1. The molecule has 0 aliphatic carbocycles. The zero-order valence-corrected chi connectivity index (χ0v) is 14.7. The summed E-state index contributed by atoms with van der Waals surface area (Å²) in [4.78, 5) is 23.8. The van der Waals surface area contributed by atoms with Crippen molar-refractivity contribution >= 4 is 12.0 Å². The van der Waals surface area contributed by atoms with Gasteiger partial charge in [-0.2, -0.15) is 17.6 Å². The van der Waals surface area contributed by atoms with Crippen molar-refractivity contribution < 1.29 is 31.9 Å². The number of carbonyl (C=O) groups is 2. The molecular formula is C18H22F4N2O3. The number of halogens is 4. The first-order chi connectivity index (χ1) is 12.7.